The van der Waals surface area contributed by atoms with Gasteiger partial charge in [-0.3, -0.25) is 4.79 Å². The number of likely N-dealkylation sites (N-methyl/N-ethyl adjacent to an activating group) is 1. The van der Waals surface area contributed by atoms with Crippen molar-refractivity contribution >= 4 is 22.8 Å². The van der Waals surface area contributed by atoms with Crippen molar-refractivity contribution in [2.24, 2.45) is 0 Å². The number of hydrogen-bond acceptors (Lipinski definition) is 5. The molecule has 1 fully saturated rings. The van der Waals surface area contributed by atoms with Gasteiger partial charge in [0.15, 0.2) is 11.4 Å². The molecule has 1 saturated heterocycles. The molecule has 1 aliphatic heterocycles. The van der Waals surface area contributed by atoms with Crippen molar-refractivity contribution in [2.45, 2.75) is 51.6 Å². The molecule has 0 aromatic carbocycles. The number of nitrogens with zero attached hydrogens (tertiary/aromatic N) is 2. The molecule has 2 heterocycles. The summed E-state index contributed by atoms with van der Waals surface area (Å²) >= 11 is 1.49. The van der Waals surface area contributed by atoms with Crippen LogP contribution in [0, 0.1) is 0 Å². The van der Waals surface area contributed by atoms with Gasteiger partial charge in [0.2, 0.25) is 0 Å². The van der Waals surface area contributed by atoms with Crippen molar-refractivity contribution in [3.8, 4) is 0 Å². The molecule has 0 radical (unpaired) electrons. The molecule has 0 aliphatic carbocycles. The van der Waals surface area contributed by atoms with Gasteiger partial charge in [-0.2, -0.15) is 0 Å². The van der Waals surface area contributed by atoms with E-state index in [4.69, 9.17) is 4.74 Å². The van der Waals surface area contributed by atoms with Gasteiger partial charge in [0.05, 0.1) is 16.7 Å². The number of anilines is 1. The molecule has 2 unspecified atom stereocenters. The number of thiazole rings is 1. The summed E-state index contributed by atoms with van der Waals surface area (Å²) in [6.45, 7) is 5.97. The van der Waals surface area contributed by atoms with Crippen LogP contribution in [-0.4, -0.2) is 37.6 Å². The molecule has 5 heteroatoms. The highest BCUT2D eigenvalue weighted by molar-refractivity contribution is 7.17. The SMILES string of the molecule is CCC(C)c1nc(N(C)CC2CCCCO2)sc1C=O. The van der Waals surface area contributed by atoms with Crippen LogP contribution in [0.25, 0.3) is 0 Å². The lowest BCUT2D eigenvalue weighted by atomic mass is 10.0. The molecule has 4 nitrogen and oxygen atoms in total. The zero-order valence-electron chi connectivity index (χ0n) is 12.6. The normalized spacial score (nSPS) is 20.6. The van der Waals surface area contributed by atoms with Crippen LogP contribution in [0.5, 0.6) is 0 Å². The summed E-state index contributed by atoms with van der Waals surface area (Å²) in [5.41, 5.74) is 0.943. The van der Waals surface area contributed by atoms with E-state index in [0.29, 0.717) is 12.0 Å². The van der Waals surface area contributed by atoms with E-state index in [2.05, 4.69) is 23.7 Å². The van der Waals surface area contributed by atoms with Gasteiger partial charge in [-0.05, 0) is 31.6 Å². The minimum Gasteiger partial charge on any atom is -0.376 e. The van der Waals surface area contributed by atoms with Gasteiger partial charge in [0.1, 0.15) is 0 Å². The lowest BCUT2D eigenvalue weighted by Gasteiger charge is -2.27. The smallest absolute Gasteiger partial charge is 0.186 e. The van der Waals surface area contributed by atoms with E-state index < -0.39 is 0 Å². The highest BCUT2D eigenvalue weighted by Gasteiger charge is 2.21. The summed E-state index contributed by atoms with van der Waals surface area (Å²) in [5.74, 6) is 0.333. The third-order valence-electron chi connectivity index (χ3n) is 3.93. The Bertz CT molecular complexity index is 441. The molecule has 1 aromatic heterocycles. The molecule has 0 amide bonds. The fourth-order valence-electron chi connectivity index (χ4n) is 2.46. The Morgan fingerprint density at radius 2 is 2.35 bits per heavy atom. The highest BCUT2D eigenvalue weighted by Crippen LogP contribution is 2.31. The molecule has 2 atom stereocenters. The number of carbonyl (C=O) groups is 1. The lowest BCUT2D eigenvalue weighted by Crippen LogP contribution is -2.33. The molecule has 0 N–H and O–H groups in total. The van der Waals surface area contributed by atoms with Gasteiger partial charge in [-0.15, -0.1) is 0 Å². The number of hydrogen-bond donors (Lipinski definition) is 0. The molecular formula is C15H24N2O2S. The zero-order valence-corrected chi connectivity index (χ0v) is 13.4. The van der Waals surface area contributed by atoms with E-state index in [1.54, 1.807) is 0 Å². The Morgan fingerprint density at radius 3 is 2.95 bits per heavy atom. The van der Waals surface area contributed by atoms with Crippen molar-refractivity contribution in [3.05, 3.63) is 10.6 Å². The summed E-state index contributed by atoms with van der Waals surface area (Å²) in [7, 11) is 2.03. The minimum absolute atomic E-state index is 0.296. The highest BCUT2D eigenvalue weighted by atomic mass is 32.1. The van der Waals surface area contributed by atoms with E-state index >= 15 is 0 Å². The van der Waals surface area contributed by atoms with Crippen molar-refractivity contribution in [2.75, 3.05) is 25.1 Å². The summed E-state index contributed by atoms with van der Waals surface area (Å²) in [4.78, 5) is 18.8. The van der Waals surface area contributed by atoms with Gasteiger partial charge in [0.25, 0.3) is 0 Å². The number of aromatic nitrogens is 1. The number of aldehydes is 1. The first-order valence-electron chi connectivity index (χ1n) is 7.44. The van der Waals surface area contributed by atoms with Gasteiger partial charge >= 0.3 is 0 Å². The summed E-state index contributed by atoms with van der Waals surface area (Å²) in [6.07, 6.45) is 5.77. The van der Waals surface area contributed by atoms with Gasteiger partial charge < -0.3 is 9.64 Å². The van der Waals surface area contributed by atoms with Crippen LogP contribution in [0.2, 0.25) is 0 Å². The first-order valence-corrected chi connectivity index (χ1v) is 8.26. The first-order chi connectivity index (χ1) is 9.65. The van der Waals surface area contributed by atoms with E-state index in [0.717, 1.165) is 48.0 Å². The van der Waals surface area contributed by atoms with Crippen LogP contribution in [0.4, 0.5) is 5.13 Å². The standard InChI is InChI=1S/C15H24N2O2S/c1-4-11(2)14-13(10-18)20-15(16-14)17(3)9-12-7-5-6-8-19-12/h10-12H,4-9H2,1-3H3. The molecular weight excluding hydrogens is 272 g/mol. The van der Waals surface area contributed by atoms with Gasteiger partial charge in [0, 0.05) is 20.2 Å². The van der Waals surface area contributed by atoms with E-state index in [9.17, 15) is 4.79 Å². The van der Waals surface area contributed by atoms with Crippen LogP contribution < -0.4 is 4.90 Å². The van der Waals surface area contributed by atoms with E-state index in [1.165, 1.54) is 24.2 Å². The Labute approximate surface area is 125 Å². The second-order valence-corrected chi connectivity index (χ2v) is 6.55. The zero-order chi connectivity index (χ0) is 14.5. The Balaban J connectivity index is 2.07. The summed E-state index contributed by atoms with van der Waals surface area (Å²) < 4.78 is 5.77. The molecule has 2 rings (SSSR count). The topological polar surface area (TPSA) is 42.4 Å². The number of rotatable bonds is 6. The van der Waals surface area contributed by atoms with Crippen molar-refractivity contribution < 1.29 is 9.53 Å². The molecule has 1 aliphatic rings. The third-order valence-corrected chi connectivity index (χ3v) is 5.04. The molecule has 0 spiro atoms. The second kappa shape index (κ2) is 7.18. The maximum Gasteiger partial charge on any atom is 0.186 e. The van der Waals surface area contributed by atoms with Crippen molar-refractivity contribution in [3.63, 3.8) is 0 Å². The average Bonchev–Trinajstić information content (AvgIpc) is 2.92. The van der Waals surface area contributed by atoms with E-state index in [-0.39, 0.29) is 0 Å². The van der Waals surface area contributed by atoms with Crippen LogP contribution in [0.15, 0.2) is 0 Å². The number of ether oxygens (including phenoxy) is 1. The first kappa shape index (κ1) is 15.4. The van der Waals surface area contributed by atoms with E-state index in [1.807, 2.05) is 7.05 Å². The average molecular weight is 296 g/mol. The molecule has 1 aromatic rings. The van der Waals surface area contributed by atoms with Crippen LogP contribution in [0.3, 0.4) is 0 Å². The number of carbonyl (C=O) groups excluding carboxylic acids is 1. The Kier molecular flexibility index (Phi) is 5.54. The maximum absolute atomic E-state index is 11.2. The summed E-state index contributed by atoms with van der Waals surface area (Å²) in [5, 5.41) is 0.927. The molecule has 20 heavy (non-hydrogen) atoms. The lowest BCUT2D eigenvalue weighted by molar-refractivity contribution is 0.0216. The Hall–Kier alpha value is -0.940. The van der Waals surface area contributed by atoms with Gasteiger partial charge in [-0.25, -0.2) is 4.98 Å². The fraction of sp³-hybridized carbons (Fsp3) is 0.733. The van der Waals surface area contributed by atoms with Crippen LogP contribution in [0.1, 0.15) is 60.8 Å². The molecule has 112 valence electrons. The summed E-state index contributed by atoms with van der Waals surface area (Å²) in [6, 6.07) is 0. The van der Waals surface area contributed by atoms with Crippen LogP contribution >= 0.6 is 11.3 Å². The monoisotopic (exact) mass is 296 g/mol. The minimum atomic E-state index is 0.296. The predicted octanol–water partition coefficient (Wildman–Crippen LogP) is 3.47. The maximum atomic E-state index is 11.2. The molecule has 0 bridgehead atoms. The third kappa shape index (κ3) is 3.58. The second-order valence-electron chi connectivity index (χ2n) is 5.54. The fourth-order valence-corrected chi connectivity index (χ4v) is 3.43. The van der Waals surface area contributed by atoms with Crippen molar-refractivity contribution in [1.82, 2.24) is 4.98 Å². The Morgan fingerprint density at radius 1 is 1.55 bits per heavy atom. The van der Waals surface area contributed by atoms with Crippen molar-refractivity contribution in [1.29, 1.82) is 0 Å². The largest absolute Gasteiger partial charge is 0.376 e. The van der Waals surface area contributed by atoms with Crippen LogP contribution in [-0.2, 0) is 4.74 Å². The van der Waals surface area contributed by atoms with Gasteiger partial charge in [-0.1, -0.05) is 25.2 Å². The molecule has 0 saturated carbocycles. The quantitative estimate of drug-likeness (QED) is 0.754. The predicted molar refractivity (Wildman–Crippen MR) is 83.1 cm³/mol.